The van der Waals surface area contributed by atoms with E-state index in [1.165, 1.54) is 19.3 Å². The monoisotopic (exact) mass is 923 g/mol. The molecular formula is C49H79O14P. The number of aliphatic hydroxyl groups is 6. The van der Waals surface area contributed by atoms with Gasteiger partial charge in [0.2, 0.25) is 0 Å². The second kappa shape index (κ2) is 37.9. The Morgan fingerprint density at radius 2 is 0.969 bits per heavy atom. The van der Waals surface area contributed by atoms with Gasteiger partial charge in [0.25, 0.3) is 0 Å². The average molecular weight is 923 g/mol. The van der Waals surface area contributed by atoms with Crippen molar-refractivity contribution in [1.82, 2.24) is 0 Å². The molecule has 364 valence electrons. The number of rotatable bonds is 36. The van der Waals surface area contributed by atoms with Crippen molar-refractivity contribution in [2.75, 3.05) is 13.2 Å². The van der Waals surface area contributed by atoms with Gasteiger partial charge in [-0.15, -0.1) is 0 Å². The highest BCUT2D eigenvalue weighted by Gasteiger charge is 2.51. The Balaban J connectivity index is 2.57. The lowest BCUT2D eigenvalue weighted by molar-refractivity contribution is -0.220. The van der Waals surface area contributed by atoms with Crippen LogP contribution in [-0.4, -0.2) is 110 Å². The first kappa shape index (κ1) is 58.7. The molecular weight excluding hydrogens is 843 g/mol. The van der Waals surface area contributed by atoms with Gasteiger partial charge >= 0.3 is 19.8 Å². The SMILES string of the molecule is CCCCC/C=C\C/C=C\C/C=C\C/C=C\CCCC(=O)OC[C@H](COP(=O)(O)OC1[C@H](O)[C@H](O)C(O)[C@H](O)[C@H]1O)OC(=O)CCC/C=C\C/C=C\C/C=C\C/C=C\CC(O)CCC. The fourth-order valence-corrected chi connectivity index (χ4v) is 7.20. The van der Waals surface area contributed by atoms with Gasteiger partial charge in [-0.2, -0.15) is 0 Å². The van der Waals surface area contributed by atoms with Gasteiger partial charge in [0, 0.05) is 12.8 Å². The van der Waals surface area contributed by atoms with Gasteiger partial charge in [-0.3, -0.25) is 18.6 Å². The molecule has 0 aliphatic heterocycles. The van der Waals surface area contributed by atoms with Gasteiger partial charge in [-0.05, 0) is 89.9 Å². The van der Waals surface area contributed by atoms with Crippen LogP contribution in [0.4, 0.5) is 0 Å². The minimum atomic E-state index is -5.16. The second-order valence-electron chi connectivity index (χ2n) is 15.7. The second-order valence-corrected chi connectivity index (χ2v) is 17.1. The van der Waals surface area contributed by atoms with Crippen LogP contribution in [0, 0.1) is 0 Å². The third-order valence-electron chi connectivity index (χ3n) is 9.95. The zero-order chi connectivity index (χ0) is 47.3. The van der Waals surface area contributed by atoms with E-state index in [-0.39, 0.29) is 18.9 Å². The van der Waals surface area contributed by atoms with Crippen LogP contribution < -0.4 is 0 Å². The van der Waals surface area contributed by atoms with Gasteiger partial charge in [-0.1, -0.05) is 130 Å². The summed E-state index contributed by atoms with van der Waals surface area (Å²) >= 11 is 0. The summed E-state index contributed by atoms with van der Waals surface area (Å²) in [6, 6.07) is 0. The highest BCUT2D eigenvalue weighted by Crippen LogP contribution is 2.47. The number of hydrogen-bond acceptors (Lipinski definition) is 13. The number of hydrogen-bond donors (Lipinski definition) is 7. The van der Waals surface area contributed by atoms with Crippen LogP contribution in [0.5, 0.6) is 0 Å². The van der Waals surface area contributed by atoms with E-state index >= 15 is 0 Å². The van der Waals surface area contributed by atoms with Gasteiger partial charge in [0.05, 0.1) is 12.7 Å². The summed E-state index contributed by atoms with van der Waals surface area (Å²) in [6.07, 6.45) is 33.9. The fraction of sp³-hybridized carbons (Fsp3) is 0.633. The van der Waals surface area contributed by atoms with Crippen molar-refractivity contribution in [2.24, 2.45) is 0 Å². The molecule has 0 heterocycles. The quantitative estimate of drug-likeness (QED) is 0.0137. The molecule has 0 bridgehead atoms. The van der Waals surface area contributed by atoms with Crippen LogP contribution >= 0.6 is 7.82 Å². The molecule has 4 unspecified atom stereocenters. The van der Waals surface area contributed by atoms with Crippen LogP contribution in [0.15, 0.2) is 97.2 Å². The van der Waals surface area contributed by atoms with Crippen LogP contribution in [0.2, 0.25) is 0 Å². The van der Waals surface area contributed by atoms with Gasteiger partial charge in [0.1, 0.15) is 43.2 Å². The van der Waals surface area contributed by atoms with Crippen LogP contribution in [0.1, 0.15) is 136 Å². The van der Waals surface area contributed by atoms with Crippen molar-refractivity contribution >= 4 is 19.8 Å². The molecule has 1 aliphatic rings. The summed E-state index contributed by atoms with van der Waals surface area (Å²) < 4.78 is 33.4. The van der Waals surface area contributed by atoms with E-state index in [0.29, 0.717) is 32.1 Å². The molecule has 1 rings (SSSR count). The summed E-state index contributed by atoms with van der Waals surface area (Å²) in [5.41, 5.74) is 0. The van der Waals surface area contributed by atoms with E-state index < -0.39 is 75.7 Å². The number of esters is 2. The number of ether oxygens (including phenoxy) is 2. The predicted molar refractivity (Wildman–Crippen MR) is 250 cm³/mol. The molecule has 0 aromatic rings. The summed E-state index contributed by atoms with van der Waals surface area (Å²) in [7, 11) is -5.16. The van der Waals surface area contributed by atoms with E-state index in [2.05, 4.69) is 68.5 Å². The number of carbonyl (C=O) groups is 2. The molecule has 9 atom stereocenters. The lowest BCUT2D eigenvalue weighted by Gasteiger charge is -2.41. The van der Waals surface area contributed by atoms with Crippen molar-refractivity contribution in [3.8, 4) is 0 Å². The first-order valence-electron chi connectivity index (χ1n) is 23.1. The Morgan fingerprint density at radius 3 is 1.44 bits per heavy atom. The molecule has 64 heavy (non-hydrogen) atoms. The van der Waals surface area contributed by atoms with Crippen molar-refractivity contribution in [1.29, 1.82) is 0 Å². The zero-order valence-electron chi connectivity index (χ0n) is 38.1. The van der Waals surface area contributed by atoms with E-state index in [1.807, 2.05) is 42.5 Å². The van der Waals surface area contributed by atoms with Gasteiger partial charge < -0.3 is 45.0 Å². The first-order valence-corrected chi connectivity index (χ1v) is 24.6. The number of phosphoric acid groups is 1. The predicted octanol–water partition coefficient (Wildman–Crippen LogP) is 8.02. The number of aliphatic hydroxyl groups excluding tert-OH is 6. The average Bonchev–Trinajstić information content (AvgIpc) is 3.27. The van der Waals surface area contributed by atoms with E-state index in [9.17, 15) is 49.7 Å². The molecule has 0 saturated heterocycles. The molecule has 15 heteroatoms. The Bertz CT molecular complexity index is 1500. The Labute approximate surface area is 382 Å². The maximum Gasteiger partial charge on any atom is 0.472 e. The van der Waals surface area contributed by atoms with Crippen molar-refractivity contribution in [2.45, 2.75) is 185 Å². The summed E-state index contributed by atoms with van der Waals surface area (Å²) in [5, 5.41) is 59.9. The maximum atomic E-state index is 12.8. The molecule has 0 spiro atoms. The molecule has 7 N–H and O–H groups in total. The summed E-state index contributed by atoms with van der Waals surface area (Å²) in [4.78, 5) is 35.7. The first-order chi connectivity index (χ1) is 30.8. The molecule has 1 saturated carbocycles. The minimum absolute atomic E-state index is 0.0116. The number of carbonyl (C=O) groups excluding carboxylic acids is 2. The highest BCUT2D eigenvalue weighted by molar-refractivity contribution is 7.47. The number of phosphoric ester groups is 1. The number of allylic oxidation sites excluding steroid dienone is 15. The third-order valence-corrected chi connectivity index (χ3v) is 10.9. The third kappa shape index (κ3) is 30.0. The smallest absolute Gasteiger partial charge is 0.462 e. The van der Waals surface area contributed by atoms with E-state index in [4.69, 9.17) is 18.5 Å². The molecule has 0 radical (unpaired) electrons. The number of unbranched alkanes of at least 4 members (excludes halogenated alkanes) is 5. The Morgan fingerprint density at radius 1 is 0.547 bits per heavy atom. The Hall–Kier alpha value is -3.27. The Kier molecular flexibility index (Phi) is 34.8. The largest absolute Gasteiger partial charge is 0.472 e. The van der Waals surface area contributed by atoms with Crippen LogP contribution in [0.3, 0.4) is 0 Å². The summed E-state index contributed by atoms with van der Waals surface area (Å²) in [6.45, 7) is 2.96. The molecule has 0 aromatic heterocycles. The molecule has 14 nitrogen and oxygen atoms in total. The van der Waals surface area contributed by atoms with Crippen molar-refractivity contribution in [3.63, 3.8) is 0 Å². The highest BCUT2D eigenvalue weighted by atomic mass is 31.2. The maximum absolute atomic E-state index is 12.8. The lowest BCUT2D eigenvalue weighted by atomic mass is 9.85. The molecule has 1 fully saturated rings. The standard InChI is InChI=1S/C49H79O14P/c1-3-5-6-7-8-9-10-11-12-13-14-17-20-23-26-29-32-36-42(51)60-38-41(39-61-64(58,59)63-49-47(56)45(54)44(53)46(55)48(49)57)62-43(52)37-33-30-27-24-21-18-15-16-19-22-25-28-31-35-40(50)34-4-2/h8-9,11-12,14-15,17-19,22-24,26-28,31,40-41,44-50,53-57H,3-7,10,13,16,20-21,25,29-30,32-39H2,1-2H3,(H,58,59)/b9-8-,12-11-,17-14-,18-15-,22-19-,26-23-,27-24-,31-28-/t40?,41-,44?,45-,46+,47-,48-,49?/m1/s1. The zero-order valence-corrected chi connectivity index (χ0v) is 39.0. The fourth-order valence-electron chi connectivity index (χ4n) is 6.23. The van der Waals surface area contributed by atoms with Gasteiger partial charge in [-0.25, -0.2) is 4.57 Å². The molecule has 0 amide bonds. The van der Waals surface area contributed by atoms with Crippen molar-refractivity contribution in [3.05, 3.63) is 97.2 Å². The summed E-state index contributed by atoms with van der Waals surface area (Å²) in [5.74, 6) is -1.26. The van der Waals surface area contributed by atoms with Crippen molar-refractivity contribution < 1.29 is 68.2 Å². The van der Waals surface area contributed by atoms with Crippen LogP contribution in [-0.2, 0) is 32.7 Å². The van der Waals surface area contributed by atoms with E-state index in [0.717, 1.165) is 57.8 Å². The lowest BCUT2D eigenvalue weighted by Crippen LogP contribution is -2.64. The molecule has 1 aliphatic carbocycles. The minimum Gasteiger partial charge on any atom is -0.462 e. The van der Waals surface area contributed by atoms with E-state index in [1.54, 1.807) is 0 Å². The normalized spacial score (nSPS) is 23.0. The topological polar surface area (TPSA) is 230 Å². The molecule has 0 aromatic carbocycles. The van der Waals surface area contributed by atoms with Crippen LogP contribution in [0.25, 0.3) is 0 Å². The van der Waals surface area contributed by atoms with Gasteiger partial charge in [0.15, 0.2) is 6.10 Å².